The van der Waals surface area contributed by atoms with E-state index < -0.39 is 0 Å². The lowest BCUT2D eigenvalue weighted by molar-refractivity contribution is 0.276. The third-order valence-electron chi connectivity index (χ3n) is 2.79. The van der Waals surface area contributed by atoms with Crippen molar-refractivity contribution in [3.63, 3.8) is 0 Å². The molecule has 0 aliphatic rings. The normalized spacial score (nSPS) is 11.2. The van der Waals surface area contributed by atoms with Crippen LogP contribution in [0, 0.1) is 0 Å². The molecule has 0 fully saturated rings. The lowest BCUT2D eigenvalue weighted by atomic mass is 10.1. The zero-order valence-corrected chi connectivity index (χ0v) is 11.1. The van der Waals surface area contributed by atoms with Gasteiger partial charge in [-0.2, -0.15) is 0 Å². The lowest BCUT2D eigenvalue weighted by Crippen LogP contribution is -1.89. The van der Waals surface area contributed by atoms with Crippen LogP contribution in [0.25, 0.3) is 4.96 Å². The summed E-state index contributed by atoms with van der Waals surface area (Å²) in [5, 5.41) is 9.94. The molecule has 3 rings (SSSR count). The molecule has 1 N–H and O–H groups in total. The molecular formula is C13H11ClN2OS. The molecule has 0 spiro atoms. The van der Waals surface area contributed by atoms with Crippen LogP contribution in [0.2, 0.25) is 5.02 Å². The Morgan fingerprint density at radius 2 is 2.06 bits per heavy atom. The van der Waals surface area contributed by atoms with E-state index in [1.165, 1.54) is 10.4 Å². The third-order valence-corrected chi connectivity index (χ3v) is 4.04. The molecule has 3 nitrogen and oxygen atoms in total. The number of fused-ring (bicyclic) bond motifs is 1. The highest BCUT2D eigenvalue weighted by molar-refractivity contribution is 7.17. The number of thiazole rings is 1. The number of aromatic nitrogens is 2. The molecule has 0 unspecified atom stereocenters. The maximum atomic E-state index is 9.18. The van der Waals surface area contributed by atoms with Crippen molar-refractivity contribution in [2.75, 3.05) is 0 Å². The van der Waals surface area contributed by atoms with Gasteiger partial charge in [-0.3, -0.25) is 4.40 Å². The first-order valence-corrected chi connectivity index (χ1v) is 6.75. The second kappa shape index (κ2) is 4.72. The van der Waals surface area contributed by atoms with Gasteiger partial charge in [0.15, 0.2) is 4.96 Å². The molecule has 3 aromatic rings. The molecule has 0 aliphatic carbocycles. The molecule has 0 aliphatic heterocycles. The van der Waals surface area contributed by atoms with E-state index in [1.807, 2.05) is 34.9 Å². The first-order chi connectivity index (χ1) is 8.76. The first kappa shape index (κ1) is 11.7. The SMILES string of the molecule is OCc1cnc2sc(Cc3ccc(Cl)cc3)cn12. The molecule has 2 aromatic heterocycles. The number of nitrogens with zero attached hydrogens (tertiary/aromatic N) is 2. The van der Waals surface area contributed by atoms with E-state index >= 15 is 0 Å². The van der Waals surface area contributed by atoms with E-state index in [-0.39, 0.29) is 6.61 Å². The van der Waals surface area contributed by atoms with Gasteiger partial charge in [0.1, 0.15) is 0 Å². The molecule has 5 heteroatoms. The summed E-state index contributed by atoms with van der Waals surface area (Å²) in [4.78, 5) is 6.40. The van der Waals surface area contributed by atoms with Gasteiger partial charge in [0.25, 0.3) is 0 Å². The first-order valence-electron chi connectivity index (χ1n) is 5.56. The number of hydrogen-bond donors (Lipinski definition) is 1. The molecule has 18 heavy (non-hydrogen) atoms. The van der Waals surface area contributed by atoms with Gasteiger partial charge < -0.3 is 5.11 Å². The highest BCUT2D eigenvalue weighted by Gasteiger charge is 2.07. The number of imidazole rings is 1. The largest absolute Gasteiger partial charge is 0.390 e. The van der Waals surface area contributed by atoms with E-state index in [0.717, 1.165) is 22.1 Å². The second-order valence-electron chi connectivity index (χ2n) is 4.06. The van der Waals surface area contributed by atoms with Gasteiger partial charge in [-0.25, -0.2) is 4.98 Å². The highest BCUT2D eigenvalue weighted by atomic mass is 35.5. The van der Waals surface area contributed by atoms with Crippen LogP contribution in [0.5, 0.6) is 0 Å². The van der Waals surface area contributed by atoms with Gasteiger partial charge in [0.2, 0.25) is 0 Å². The van der Waals surface area contributed by atoms with Crippen molar-refractivity contribution in [1.29, 1.82) is 0 Å². The fourth-order valence-corrected chi connectivity index (χ4v) is 3.01. The van der Waals surface area contributed by atoms with E-state index in [4.69, 9.17) is 11.6 Å². The number of hydrogen-bond acceptors (Lipinski definition) is 3. The number of benzene rings is 1. The van der Waals surface area contributed by atoms with Crippen molar-refractivity contribution in [2.24, 2.45) is 0 Å². The molecule has 1 aromatic carbocycles. The fourth-order valence-electron chi connectivity index (χ4n) is 1.88. The molecule has 0 atom stereocenters. The zero-order chi connectivity index (χ0) is 12.5. The van der Waals surface area contributed by atoms with Crippen LogP contribution in [0.1, 0.15) is 16.1 Å². The summed E-state index contributed by atoms with van der Waals surface area (Å²) in [5.41, 5.74) is 2.04. The smallest absolute Gasteiger partial charge is 0.194 e. The standard InChI is InChI=1S/C13H11ClN2OS/c14-10-3-1-9(2-4-10)5-12-7-16-11(8-17)6-15-13(16)18-12/h1-4,6-7,17H,5,8H2. The third kappa shape index (κ3) is 2.14. The summed E-state index contributed by atoms with van der Waals surface area (Å²) < 4.78 is 1.94. The minimum atomic E-state index is 0.0122. The lowest BCUT2D eigenvalue weighted by Gasteiger charge is -1.98. The average Bonchev–Trinajstić information content (AvgIpc) is 2.91. The molecular weight excluding hydrogens is 268 g/mol. The summed E-state index contributed by atoms with van der Waals surface area (Å²) in [7, 11) is 0. The van der Waals surface area contributed by atoms with Crippen LogP contribution >= 0.6 is 22.9 Å². The van der Waals surface area contributed by atoms with Crippen molar-refractivity contribution >= 4 is 27.9 Å². The monoisotopic (exact) mass is 278 g/mol. The van der Waals surface area contributed by atoms with Crippen LogP contribution in [-0.2, 0) is 13.0 Å². The summed E-state index contributed by atoms with van der Waals surface area (Å²) in [6.45, 7) is 0.0122. The molecule has 92 valence electrons. The van der Waals surface area contributed by atoms with Gasteiger partial charge in [0.05, 0.1) is 18.5 Å². The Labute approximate surface area is 113 Å². The Kier molecular flexibility index (Phi) is 3.07. The second-order valence-corrected chi connectivity index (χ2v) is 5.59. The number of halogens is 1. The quantitative estimate of drug-likeness (QED) is 0.799. The Morgan fingerprint density at radius 1 is 1.28 bits per heavy atom. The number of aliphatic hydroxyl groups is 1. The van der Waals surface area contributed by atoms with E-state index in [2.05, 4.69) is 4.98 Å². The number of aliphatic hydroxyl groups excluding tert-OH is 1. The van der Waals surface area contributed by atoms with E-state index in [1.54, 1.807) is 17.5 Å². The van der Waals surface area contributed by atoms with Gasteiger partial charge in [-0.05, 0) is 17.7 Å². The minimum Gasteiger partial charge on any atom is -0.390 e. The summed E-state index contributed by atoms with van der Waals surface area (Å²) in [6, 6.07) is 7.85. The van der Waals surface area contributed by atoms with Crippen LogP contribution < -0.4 is 0 Å². The van der Waals surface area contributed by atoms with Crippen LogP contribution in [0.3, 0.4) is 0 Å². The van der Waals surface area contributed by atoms with Crippen LogP contribution in [-0.4, -0.2) is 14.5 Å². The van der Waals surface area contributed by atoms with Crippen molar-refractivity contribution in [2.45, 2.75) is 13.0 Å². The van der Waals surface area contributed by atoms with Crippen LogP contribution in [0.15, 0.2) is 36.7 Å². The van der Waals surface area contributed by atoms with Crippen molar-refractivity contribution < 1.29 is 5.11 Å². The molecule has 0 saturated heterocycles. The van der Waals surface area contributed by atoms with Crippen LogP contribution in [0.4, 0.5) is 0 Å². The maximum Gasteiger partial charge on any atom is 0.194 e. The van der Waals surface area contributed by atoms with Crippen molar-refractivity contribution in [1.82, 2.24) is 9.38 Å². The fraction of sp³-hybridized carbons (Fsp3) is 0.154. The van der Waals surface area contributed by atoms with Crippen molar-refractivity contribution in [3.8, 4) is 0 Å². The summed E-state index contributed by atoms with van der Waals surface area (Å²) in [6.07, 6.45) is 4.60. The predicted molar refractivity (Wildman–Crippen MR) is 73.2 cm³/mol. The predicted octanol–water partition coefficient (Wildman–Crippen LogP) is 3.13. The maximum absolute atomic E-state index is 9.18. The Morgan fingerprint density at radius 3 is 2.78 bits per heavy atom. The average molecular weight is 279 g/mol. The molecule has 0 amide bonds. The topological polar surface area (TPSA) is 37.5 Å². The Hall–Kier alpha value is -1.36. The number of rotatable bonds is 3. The Balaban J connectivity index is 1.90. The Bertz CT molecular complexity index is 672. The zero-order valence-electron chi connectivity index (χ0n) is 9.51. The van der Waals surface area contributed by atoms with Gasteiger partial charge in [-0.1, -0.05) is 23.7 Å². The van der Waals surface area contributed by atoms with Gasteiger partial charge in [-0.15, -0.1) is 11.3 Å². The van der Waals surface area contributed by atoms with Crippen molar-refractivity contribution in [3.05, 3.63) is 57.8 Å². The highest BCUT2D eigenvalue weighted by Crippen LogP contribution is 2.22. The van der Waals surface area contributed by atoms with Gasteiger partial charge in [0, 0.05) is 22.5 Å². The minimum absolute atomic E-state index is 0.0122. The summed E-state index contributed by atoms with van der Waals surface area (Å²) in [5.74, 6) is 0. The van der Waals surface area contributed by atoms with Gasteiger partial charge >= 0.3 is 0 Å². The molecule has 0 radical (unpaired) electrons. The van der Waals surface area contributed by atoms with E-state index in [9.17, 15) is 5.11 Å². The molecule has 2 heterocycles. The summed E-state index contributed by atoms with van der Waals surface area (Å²) >= 11 is 7.50. The molecule has 0 bridgehead atoms. The molecule has 0 saturated carbocycles. The van der Waals surface area contributed by atoms with E-state index in [0.29, 0.717) is 0 Å².